The van der Waals surface area contributed by atoms with Gasteiger partial charge in [0.05, 0.1) is 11.1 Å². The van der Waals surface area contributed by atoms with Gasteiger partial charge in [-0.3, -0.25) is 4.79 Å². The number of phenolic OH excluding ortho intramolecular Hbond substituents is 1. The molecule has 4 heteroatoms. The topological polar surface area (TPSA) is 74.6 Å². The number of phenols is 1. The van der Waals surface area contributed by atoms with Crippen molar-refractivity contribution in [2.75, 3.05) is 0 Å². The summed E-state index contributed by atoms with van der Waals surface area (Å²) in [6.45, 7) is 10.2. The first-order valence-electron chi connectivity index (χ1n) is 8.63. The van der Waals surface area contributed by atoms with E-state index in [1.807, 2.05) is 13.8 Å². The average molecular weight is 354 g/mol. The van der Waals surface area contributed by atoms with Crippen LogP contribution in [0.3, 0.4) is 0 Å². The Morgan fingerprint density at radius 3 is 2.00 bits per heavy atom. The first kappa shape index (κ1) is 19.7. The van der Waals surface area contributed by atoms with E-state index >= 15 is 0 Å². The molecule has 2 N–H and O–H groups in total. The summed E-state index contributed by atoms with van der Waals surface area (Å²) in [5.74, 6) is -1.66. The third-order valence-electron chi connectivity index (χ3n) is 4.34. The number of carbonyl (C=O) groups is 2. The van der Waals surface area contributed by atoms with Crippen molar-refractivity contribution in [3.8, 4) is 5.75 Å². The monoisotopic (exact) mass is 354 g/mol. The second kappa shape index (κ2) is 6.94. The van der Waals surface area contributed by atoms with Crippen molar-refractivity contribution in [1.82, 2.24) is 0 Å². The lowest BCUT2D eigenvalue weighted by molar-refractivity contribution is 0.0696. The fourth-order valence-electron chi connectivity index (χ4n) is 3.61. The van der Waals surface area contributed by atoms with E-state index in [1.54, 1.807) is 30.3 Å². The molecule has 2 rings (SSSR count). The summed E-state index contributed by atoms with van der Waals surface area (Å²) >= 11 is 0. The van der Waals surface area contributed by atoms with Gasteiger partial charge in [-0.05, 0) is 29.4 Å². The SMILES string of the molecule is CC(C)(C)CC(C)(C)c1cc(C(=O)O)cc(C(=O)c2ccccc2)c1O. The maximum Gasteiger partial charge on any atom is 0.335 e. The zero-order valence-electron chi connectivity index (χ0n) is 16.0. The molecule has 2 aromatic rings. The van der Waals surface area contributed by atoms with Crippen LogP contribution in [0.1, 0.15) is 72.9 Å². The van der Waals surface area contributed by atoms with E-state index in [2.05, 4.69) is 20.8 Å². The molecular weight excluding hydrogens is 328 g/mol. The van der Waals surface area contributed by atoms with Crippen LogP contribution in [-0.4, -0.2) is 22.0 Å². The van der Waals surface area contributed by atoms with Crippen LogP contribution in [0.15, 0.2) is 42.5 Å². The summed E-state index contributed by atoms with van der Waals surface area (Å²) in [6.07, 6.45) is 0.718. The zero-order chi connectivity index (χ0) is 19.7. The Morgan fingerprint density at radius 1 is 0.923 bits per heavy atom. The number of rotatable bonds is 5. The van der Waals surface area contributed by atoms with E-state index in [9.17, 15) is 19.8 Å². The van der Waals surface area contributed by atoms with Crippen LogP contribution >= 0.6 is 0 Å². The summed E-state index contributed by atoms with van der Waals surface area (Å²) in [7, 11) is 0. The van der Waals surface area contributed by atoms with Crippen LogP contribution in [0.5, 0.6) is 5.75 Å². The molecule has 0 saturated carbocycles. The predicted molar refractivity (Wildman–Crippen MR) is 102 cm³/mol. The van der Waals surface area contributed by atoms with Crippen LogP contribution < -0.4 is 0 Å². The molecular formula is C22H26O4. The molecule has 0 bridgehead atoms. The molecule has 0 aliphatic rings. The van der Waals surface area contributed by atoms with Crippen molar-refractivity contribution in [2.24, 2.45) is 5.41 Å². The van der Waals surface area contributed by atoms with Gasteiger partial charge in [0.1, 0.15) is 5.75 Å². The molecule has 0 heterocycles. The summed E-state index contributed by atoms with van der Waals surface area (Å²) in [5.41, 5.74) is 0.377. The number of aromatic carboxylic acids is 1. The summed E-state index contributed by atoms with van der Waals surface area (Å²) in [6, 6.07) is 11.3. The van der Waals surface area contributed by atoms with Gasteiger partial charge in [0, 0.05) is 11.1 Å². The lowest BCUT2D eigenvalue weighted by Crippen LogP contribution is -2.26. The fraction of sp³-hybridized carbons (Fsp3) is 0.364. The van der Waals surface area contributed by atoms with Crippen LogP contribution in [0.4, 0.5) is 0 Å². The van der Waals surface area contributed by atoms with E-state index in [-0.39, 0.29) is 28.1 Å². The van der Waals surface area contributed by atoms with Crippen LogP contribution in [0.2, 0.25) is 0 Å². The van der Waals surface area contributed by atoms with Gasteiger partial charge in [-0.15, -0.1) is 0 Å². The third kappa shape index (κ3) is 4.31. The van der Waals surface area contributed by atoms with Gasteiger partial charge in [0.25, 0.3) is 0 Å². The van der Waals surface area contributed by atoms with Crippen molar-refractivity contribution in [3.63, 3.8) is 0 Å². The highest BCUT2D eigenvalue weighted by Gasteiger charge is 2.32. The Bertz CT molecular complexity index is 827. The molecule has 0 radical (unpaired) electrons. The number of carboxylic acid groups (broad SMARTS) is 1. The van der Waals surface area contributed by atoms with Gasteiger partial charge in [-0.2, -0.15) is 0 Å². The molecule has 0 aliphatic heterocycles. The minimum atomic E-state index is -1.13. The summed E-state index contributed by atoms with van der Waals surface area (Å²) in [4.78, 5) is 24.4. The van der Waals surface area contributed by atoms with Gasteiger partial charge in [-0.1, -0.05) is 65.0 Å². The second-order valence-corrected chi connectivity index (χ2v) is 8.54. The van der Waals surface area contributed by atoms with Gasteiger partial charge < -0.3 is 10.2 Å². The van der Waals surface area contributed by atoms with Crippen molar-refractivity contribution < 1.29 is 19.8 Å². The standard InChI is InChI=1S/C22H26O4/c1-21(2,3)13-22(4,5)17-12-15(20(25)26)11-16(19(17)24)18(23)14-9-7-6-8-10-14/h6-12,24H,13H2,1-5H3,(H,25,26). The summed E-state index contributed by atoms with van der Waals surface area (Å²) in [5, 5.41) is 20.3. The first-order valence-corrected chi connectivity index (χ1v) is 8.63. The third-order valence-corrected chi connectivity index (χ3v) is 4.34. The largest absolute Gasteiger partial charge is 0.507 e. The molecule has 4 nitrogen and oxygen atoms in total. The Labute approximate surface area is 154 Å². The minimum Gasteiger partial charge on any atom is -0.507 e. The minimum absolute atomic E-state index is 0.000865. The van der Waals surface area contributed by atoms with Crippen molar-refractivity contribution in [1.29, 1.82) is 0 Å². The number of carbonyl (C=O) groups excluding carboxylic acids is 1. The van der Waals surface area contributed by atoms with E-state index in [4.69, 9.17) is 0 Å². The van der Waals surface area contributed by atoms with Crippen LogP contribution in [0, 0.1) is 5.41 Å². The summed E-state index contributed by atoms with van der Waals surface area (Å²) < 4.78 is 0. The molecule has 0 saturated heterocycles. The number of ketones is 1. The number of hydrogen-bond donors (Lipinski definition) is 2. The fourth-order valence-corrected chi connectivity index (χ4v) is 3.61. The molecule has 0 unspecified atom stereocenters. The molecule has 0 atom stereocenters. The highest BCUT2D eigenvalue weighted by molar-refractivity contribution is 6.12. The molecule has 0 spiro atoms. The highest BCUT2D eigenvalue weighted by atomic mass is 16.4. The van der Waals surface area contributed by atoms with Crippen molar-refractivity contribution >= 4 is 11.8 Å². The zero-order valence-corrected chi connectivity index (χ0v) is 16.0. The Morgan fingerprint density at radius 2 is 1.50 bits per heavy atom. The molecule has 2 aromatic carbocycles. The van der Waals surface area contributed by atoms with Crippen molar-refractivity contribution in [2.45, 2.75) is 46.5 Å². The van der Waals surface area contributed by atoms with Gasteiger partial charge in [-0.25, -0.2) is 4.79 Å². The normalized spacial score (nSPS) is 12.0. The number of aromatic hydroxyl groups is 1. The lowest BCUT2D eigenvalue weighted by atomic mass is 9.71. The first-order chi connectivity index (χ1) is 11.9. The number of benzene rings is 2. The van der Waals surface area contributed by atoms with E-state index < -0.39 is 11.4 Å². The molecule has 0 aliphatic carbocycles. The van der Waals surface area contributed by atoms with E-state index in [1.165, 1.54) is 12.1 Å². The Kier molecular flexibility index (Phi) is 5.26. The van der Waals surface area contributed by atoms with E-state index in [0.29, 0.717) is 11.1 Å². The van der Waals surface area contributed by atoms with Gasteiger partial charge in [0.2, 0.25) is 0 Å². The van der Waals surface area contributed by atoms with Gasteiger partial charge in [0.15, 0.2) is 5.78 Å². The highest BCUT2D eigenvalue weighted by Crippen LogP contribution is 2.42. The quantitative estimate of drug-likeness (QED) is 0.738. The van der Waals surface area contributed by atoms with Crippen LogP contribution in [-0.2, 0) is 5.41 Å². The Hall–Kier alpha value is -2.62. The number of hydrogen-bond acceptors (Lipinski definition) is 3. The Balaban J connectivity index is 2.66. The smallest absolute Gasteiger partial charge is 0.335 e. The molecule has 138 valence electrons. The van der Waals surface area contributed by atoms with E-state index in [0.717, 1.165) is 6.42 Å². The lowest BCUT2D eigenvalue weighted by Gasteiger charge is -2.34. The maximum absolute atomic E-state index is 12.9. The molecule has 0 amide bonds. The molecule has 26 heavy (non-hydrogen) atoms. The molecule has 0 fully saturated rings. The average Bonchev–Trinajstić information content (AvgIpc) is 2.52. The van der Waals surface area contributed by atoms with Gasteiger partial charge >= 0.3 is 5.97 Å². The van der Waals surface area contributed by atoms with Crippen molar-refractivity contribution in [3.05, 3.63) is 64.7 Å². The van der Waals surface area contributed by atoms with Crippen LogP contribution in [0.25, 0.3) is 0 Å². The maximum atomic E-state index is 12.9. The number of carboxylic acids is 1. The predicted octanol–water partition coefficient (Wildman–Crippen LogP) is 5.04. The molecule has 0 aromatic heterocycles. The second-order valence-electron chi connectivity index (χ2n) is 8.54.